The quantitative estimate of drug-likeness (QED) is 0.707. The van der Waals surface area contributed by atoms with Crippen molar-refractivity contribution < 1.29 is 0 Å². The number of nitrogens with one attached hydrogen (secondary N) is 1. The first-order chi connectivity index (χ1) is 6.33. The molecule has 3 nitrogen and oxygen atoms in total. The number of aromatic amines is 1. The molecule has 66 valence electrons. The predicted octanol–water partition coefficient (Wildman–Crippen LogP) is 2.49. The molecule has 2 heterocycles. The third kappa shape index (κ3) is 1.20. The lowest BCUT2D eigenvalue weighted by Gasteiger charge is -1.86. The van der Waals surface area contributed by atoms with Gasteiger partial charge in [0.1, 0.15) is 11.0 Å². The highest BCUT2D eigenvalue weighted by atomic mass is 35.5. The fraction of sp³-hybridized carbons (Fsp3) is 0.333. The lowest BCUT2D eigenvalue weighted by atomic mass is 10.4. The molecular weight excluding hydrogens is 186 g/mol. The minimum atomic E-state index is 0.501. The smallest absolute Gasteiger partial charge is 0.131 e. The summed E-state index contributed by atoms with van der Waals surface area (Å²) in [4.78, 5) is 11.7. The average Bonchev–Trinajstić information content (AvgIpc) is 2.87. The predicted molar refractivity (Wildman–Crippen MR) is 50.9 cm³/mol. The molecule has 13 heavy (non-hydrogen) atoms. The fourth-order valence-corrected chi connectivity index (χ4v) is 1.61. The second-order valence-corrected chi connectivity index (χ2v) is 3.81. The molecule has 0 atom stereocenters. The molecular formula is C9H8ClN3. The minimum absolute atomic E-state index is 0.501. The summed E-state index contributed by atoms with van der Waals surface area (Å²) in [5, 5.41) is 0.501. The number of aromatic nitrogens is 3. The van der Waals surface area contributed by atoms with Gasteiger partial charge in [-0.1, -0.05) is 11.6 Å². The first kappa shape index (κ1) is 7.33. The van der Waals surface area contributed by atoms with Crippen LogP contribution in [0.5, 0.6) is 0 Å². The normalized spacial score (nSPS) is 16.7. The summed E-state index contributed by atoms with van der Waals surface area (Å²) >= 11 is 5.76. The molecule has 1 N–H and O–H groups in total. The van der Waals surface area contributed by atoms with E-state index in [0.717, 1.165) is 16.9 Å². The van der Waals surface area contributed by atoms with Gasteiger partial charge in [0.15, 0.2) is 0 Å². The number of hydrogen-bond acceptors (Lipinski definition) is 2. The van der Waals surface area contributed by atoms with Gasteiger partial charge in [0.25, 0.3) is 0 Å². The Morgan fingerprint density at radius 1 is 1.46 bits per heavy atom. The number of rotatable bonds is 1. The molecule has 2 aromatic rings. The molecule has 0 amide bonds. The van der Waals surface area contributed by atoms with Gasteiger partial charge in [0.2, 0.25) is 0 Å². The zero-order valence-electron chi connectivity index (χ0n) is 6.92. The maximum Gasteiger partial charge on any atom is 0.131 e. The Morgan fingerprint density at radius 3 is 3.08 bits per heavy atom. The molecule has 0 radical (unpaired) electrons. The molecule has 0 aliphatic heterocycles. The first-order valence-corrected chi connectivity index (χ1v) is 4.72. The molecule has 4 heteroatoms. The lowest BCUT2D eigenvalue weighted by molar-refractivity contribution is 0.986. The van der Waals surface area contributed by atoms with Crippen LogP contribution in [0, 0.1) is 0 Å². The van der Waals surface area contributed by atoms with E-state index in [-0.39, 0.29) is 0 Å². The highest BCUT2D eigenvalue weighted by Gasteiger charge is 2.26. The summed E-state index contributed by atoms with van der Waals surface area (Å²) in [6, 6.07) is 1.79. The van der Waals surface area contributed by atoms with Crippen molar-refractivity contribution in [1.29, 1.82) is 0 Å². The van der Waals surface area contributed by atoms with E-state index in [0.29, 0.717) is 11.1 Å². The van der Waals surface area contributed by atoms with Crippen molar-refractivity contribution in [2.24, 2.45) is 0 Å². The molecule has 1 aliphatic rings. The van der Waals surface area contributed by atoms with Crippen LogP contribution < -0.4 is 0 Å². The Labute approximate surface area is 80.2 Å². The van der Waals surface area contributed by atoms with Crippen molar-refractivity contribution in [3.8, 4) is 0 Å². The standard InChI is InChI=1S/C9H8ClN3/c10-8-3-6-7(4-11-8)13-9(12-6)5-1-2-5/h3-5H,1-2H2,(H,12,13). The summed E-state index contributed by atoms with van der Waals surface area (Å²) < 4.78 is 0. The van der Waals surface area contributed by atoms with Crippen molar-refractivity contribution >= 4 is 22.6 Å². The zero-order chi connectivity index (χ0) is 8.84. The van der Waals surface area contributed by atoms with E-state index >= 15 is 0 Å². The molecule has 0 aromatic carbocycles. The van der Waals surface area contributed by atoms with E-state index in [1.54, 1.807) is 12.3 Å². The summed E-state index contributed by atoms with van der Waals surface area (Å²) in [6.45, 7) is 0. The number of halogens is 1. The summed E-state index contributed by atoms with van der Waals surface area (Å²) in [5.74, 6) is 1.73. The molecule has 2 aromatic heterocycles. The maximum atomic E-state index is 5.76. The van der Waals surface area contributed by atoms with Crippen molar-refractivity contribution in [2.45, 2.75) is 18.8 Å². The molecule has 0 spiro atoms. The number of hydrogen-bond donors (Lipinski definition) is 1. The fourth-order valence-electron chi connectivity index (χ4n) is 1.45. The highest BCUT2D eigenvalue weighted by Crippen LogP contribution is 2.38. The Bertz CT molecular complexity index is 459. The van der Waals surface area contributed by atoms with Gasteiger partial charge in [0, 0.05) is 12.0 Å². The second-order valence-electron chi connectivity index (χ2n) is 3.42. The average molecular weight is 194 g/mol. The highest BCUT2D eigenvalue weighted by molar-refractivity contribution is 6.29. The van der Waals surface area contributed by atoms with Crippen molar-refractivity contribution in [2.75, 3.05) is 0 Å². The third-order valence-electron chi connectivity index (χ3n) is 2.32. The van der Waals surface area contributed by atoms with Gasteiger partial charge in [-0.2, -0.15) is 0 Å². The summed E-state index contributed by atoms with van der Waals surface area (Å²) in [7, 11) is 0. The van der Waals surface area contributed by atoms with Gasteiger partial charge in [-0.05, 0) is 12.8 Å². The van der Waals surface area contributed by atoms with Gasteiger partial charge in [-0.25, -0.2) is 9.97 Å². The SMILES string of the molecule is Clc1cc2nc(C3CC3)[nH]c2cn1. The monoisotopic (exact) mass is 193 g/mol. The Morgan fingerprint density at radius 2 is 2.31 bits per heavy atom. The number of nitrogens with zero attached hydrogens (tertiary/aromatic N) is 2. The van der Waals surface area contributed by atoms with Crippen molar-refractivity contribution in [3.63, 3.8) is 0 Å². The lowest BCUT2D eigenvalue weighted by Crippen LogP contribution is -1.79. The van der Waals surface area contributed by atoms with Gasteiger partial charge in [-0.3, -0.25) is 0 Å². The van der Waals surface area contributed by atoms with E-state index in [4.69, 9.17) is 11.6 Å². The number of pyridine rings is 1. The van der Waals surface area contributed by atoms with Crippen LogP contribution in [0.2, 0.25) is 5.15 Å². The Balaban J connectivity index is 2.20. The van der Waals surface area contributed by atoms with Crippen LogP contribution in [0.25, 0.3) is 11.0 Å². The largest absolute Gasteiger partial charge is 0.340 e. The van der Waals surface area contributed by atoms with Crippen LogP contribution in [-0.2, 0) is 0 Å². The van der Waals surface area contributed by atoms with Crippen LogP contribution in [-0.4, -0.2) is 15.0 Å². The van der Waals surface area contributed by atoms with Gasteiger partial charge < -0.3 is 4.98 Å². The van der Waals surface area contributed by atoms with E-state index in [1.807, 2.05) is 0 Å². The van der Waals surface area contributed by atoms with E-state index < -0.39 is 0 Å². The topological polar surface area (TPSA) is 41.6 Å². The van der Waals surface area contributed by atoms with Gasteiger partial charge in [0.05, 0.1) is 17.2 Å². The van der Waals surface area contributed by atoms with E-state index in [9.17, 15) is 0 Å². The molecule has 1 saturated carbocycles. The van der Waals surface area contributed by atoms with Crippen LogP contribution in [0.3, 0.4) is 0 Å². The van der Waals surface area contributed by atoms with Gasteiger partial charge >= 0.3 is 0 Å². The molecule has 3 rings (SSSR count). The second kappa shape index (κ2) is 2.45. The number of imidazole rings is 1. The Kier molecular flexibility index (Phi) is 1.38. The number of fused-ring (bicyclic) bond motifs is 1. The Hall–Kier alpha value is -1.09. The molecule has 0 saturated heterocycles. The van der Waals surface area contributed by atoms with Crippen LogP contribution in [0.1, 0.15) is 24.6 Å². The van der Waals surface area contributed by atoms with Gasteiger partial charge in [-0.15, -0.1) is 0 Å². The maximum absolute atomic E-state index is 5.76. The molecule has 1 aliphatic carbocycles. The van der Waals surface area contributed by atoms with Crippen LogP contribution >= 0.6 is 11.6 Å². The van der Waals surface area contributed by atoms with Crippen molar-refractivity contribution in [1.82, 2.24) is 15.0 Å². The molecule has 0 bridgehead atoms. The first-order valence-electron chi connectivity index (χ1n) is 4.34. The number of H-pyrrole nitrogens is 1. The summed E-state index contributed by atoms with van der Waals surface area (Å²) in [5.41, 5.74) is 1.90. The minimum Gasteiger partial charge on any atom is -0.340 e. The third-order valence-corrected chi connectivity index (χ3v) is 2.52. The van der Waals surface area contributed by atoms with Crippen molar-refractivity contribution in [3.05, 3.63) is 23.2 Å². The van der Waals surface area contributed by atoms with E-state index in [2.05, 4.69) is 15.0 Å². The van der Waals surface area contributed by atoms with Crippen LogP contribution in [0.15, 0.2) is 12.3 Å². The van der Waals surface area contributed by atoms with Crippen LogP contribution in [0.4, 0.5) is 0 Å². The molecule has 0 unspecified atom stereocenters. The zero-order valence-corrected chi connectivity index (χ0v) is 7.67. The summed E-state index contributed by atoms with van der Waals surface area (Å²) in [6.07, 6.45) is 4.23. The molecule has 1 fully saturated rings. The van der Waals surface area contributed by atoms with E-state index in [1.165, 1.54) is 12.8 Å².